The van der Waals surface area contributed by atoms with Crippen molar-refractivity contribution in [3.63, 3.8) is 0 Å². The van der Waals surface area contributed by atoms with Gasteiger partial charge in [-0.1, -0.05) is 6.92 Å². The Bertz CT molecular complexity index is 686. The van der Waals surface area contributed by atoms with Gasteiger partial charge < -0.3 is 25.5 Å². The maximum Gasteiger partial charge on any atom is 0.321 e. The monoisotopic (exact) mass is 399 g/mol. The Kier molecular flexibility index (Phi) is 7.54. The molecule has 26 heavy (non-hydrogen) atoms. The van der Waals surface area contributed by atoms with Gasteiger partial charge in [-0.05, 0) is 35.1 Å². The number of nitrogens with zero attached hydrogens (tertiary/aromatic N) is 2. The van der Waals surface area contributed by atoms with Crippen molar-refractivity contribution in [1.29, 1.82) is 0 Å². The van der Waals surface area contributed by atoms with Crippen LogP contribution in [0.1, 0.15) is 24.7 Å². The minimum atomic E-state index is -0.931. The third-order valence-electron chi connectivity index (χ3n) is 3.90. The van der Waals surface area contributed by atoms with Crippen molar-refractivity contribution < 1.29 is 19.8 Å². The summed E-state index contributed by atoms with van der Waals surface area (Å²) >= 11 is 0. The number of carboxylic acid groups (broad SMARTS) is 2. The number of aromatic nitrogens is 4. The Morgan fingerprint density at radius 2 is 1.62 bits per heavy atom. The van der Waals surface area contributed by atoms with Crippen molar-refractivity contribution in [1.82, 2.24) is 25.3 Å². The van der Waals surface area contributed by atoms with E-state index in [2.05, 4.69) is 25.3 Å². The zero-order valence-electron chi connectivity index (χ0n) is 14.4. The number of imidazole rings is 2. The van der Waals surface area contributed by atoms with Crippen LogP contribution in [0.3, 0.4) is 0 Å². The molecule has 0 saturated heterocycles. The molecule has 0 spiro atoms. The molecule has 2 atom stereocenters. The average molecular weight is 399 g/mol. The van der Waals surface area contributed by atoms with Crippen molar-refractivity contribution in [3.05, 3.63) is 24.0 Å². The van der Waals surface area contributed by atoms with Gasteiger partial charge in [-0.15, -0.1) is 0 Å². The predicted octanol–water partition coefficient (Wildman–Crippen LogP) is 1.80. The summed E-state index contributed by atoms with van der Waals surface area (Å²) < 4.78 is 0. The van der Waals surface area contributed by atoms with E-state index in [4.69, 9.17) is 5.11 Å². The van der Waals surface area contributed by atoms with E-state index in [0.717, 1.165) is 11.4 Å². The minimum absolute atomic E-state index is 0.277. The lowest BCUT2D eigenvalue weighted by atomic mass is 10.0. The third kappa shape index (κ3) is 5.26. The number of rotatable bonds is 11. The molecule has 0 saturated carbocycles. The standard InChI is InChI=1S/C15H21N5O4S2/c1-3-8(14(21)22)4-9-12(19-6-17-9)25-26-13-10(18-7-20-13)5-11(16-2)15(23)24/h6-8,11,16H,3-5H2,1-2H3,(H,17,19)(H,18,20)(H,21,22)(H,23,24)/t8?,11-/m0/s1. The number of aliphatic carboxylic acids is 2. The molecule has 142 valence electrons. The highest BCUT2D eigenvalue weighted by Gasteiger charge is 2.21. The Labute approximate surface area is 158 Å². The lowest BCUT2D eigenvalue weighted by molar-refractivity contribution is -0.142. The summed E-state index contributed by atoms with van der Waals surface area (Å²) in [6.07, 6.45) is 4.26. The fourth-order valence-corrected chi connectivity index (χ4v) is 4.47. The Balaban J connectivity index is 2.03. The highest BCUT2D eigenvalue weighted by molar-refractivity contribution is 8.76. The van der Waals surface area contributed by atoms with Gasteiger partial charge in [-0.3, -0.25) is 9.59 Å². The van der Waals surface area contributed by atoms with Crippen LogP contribution in [-0.4, -0.2) is 55.2 Å². The van der Waals surface area contributed by atoms with Crippen molar-refractivity contribution in [2.75, 3.05) is 7.05 Å². The van der Waals surface area contributed by atoms with Crippen LogP contribution in [0.25, 0.3) is 0 Å². The predicted molar refractivity (Wildman–Crippen MR) is 98.2 cm³/mol. The number of carboxylic acids is 2. The number of carbonyl (C=O) groups is 2. The second-order valence-corrected chi connectivity index (χ2v) is 7.68. The first kappa shape index (κ1) is 20.3. The lowest BCUT2D eigenvalue weighted by Gasteiger charge is -2.11. The summed E-state index contributed by atoms with van der Waals surface area (Å²) in [6.45, 7) is 1.84. The van der Waals surface area contributed by atoms with Gasteiger partial charge in [0.15, 0.2) is 0 Å². The third-order valence-corrected chi connectivity index (χ3v) is 6.20. The molecule has 1 unspecified atom stereocenters. The van der Waals surface area contributed by atoms with E-state index in [1.165, 1.54) is 27.9 Å². The normalized spacial score (nSPS) is 13.5. The van der Waals surface area contributed by atoms with E-state index < -0.39 is 23.9 Å². The first-order valence-corrected chi connectivity index (χ1v) is 10.1. The van der Waals surface area contributed by atoms with Crippen molar-refractivity contribution in [3.8, 4) is 0 Å². The van der Waals surface area contributed by atoms with Gasteiger partial charge in [0, 0.05) is 12.8 Å². The number of aromatic amines is 2. The molecule has 0 aliphatic carbocycles. The second-order valence-electron chi connectivity index (χ2n) is 5.57. The summed E-state index contributed by atoms with van der Waals surface area (Å²) in [7, 11) is 4.32. The summed E-state index contributed by atoms with van der Waals surface area (Å²) in [5.41, 5.74) is 1.49. The highest BCUT2D eigenvalue weighted by Crippen LogP contribution is 2.38. The van der Waals surface area contributed by atoms with Crippen LogP contribution in [0.5, 0.6) is 0 Å². The van der Waals surface area contributed by atoms with E-state index in [1.54, 1.807) is 13.4 Å². The van der Waals surface area contributed by atoms with Crippen LogP contribution < -0.4 is 5.32 Å². The zero-order chi connectivity index (χ0) is 19.1. The first-order valence-electron chi connectivity index (χ1n) is 7.98. The number of likely N-dealkylation sites (N-methyl/N-ethyl adjacent to an activating group) is 1. The van der Waals surface area contributed by atoms with Gasteiger partial charge in [0.25, 0.3) is 0 Å². The van der Waals surface area contributed by atoms with Crippen LogP contribution >= 0.6 is 21.6 Å². The van der Waals surface area contributed by atoms with Crippen LogP contribution in [-0.2, 0) is 22.4 Å². The van der Waals surface area contributed by atoms with Crippen LogP contribution in [0, 0.1) is 5.92 Å². The molecule has 2 heterocycles. The topological polar surface area (TPSA) is 144 Å². The molecular weight excluding hydrogens is 378 g/mol. The van der Waals surface area contributed by atoms with E-state index in [-0.39, 0.29) is 6.42 Å². The Hall–Kier alpha value is -1.98. The molecule has 2 aromatic heterocycles. The molecule has 0 aromatic carbocycles. The minimum Gasteiger partial charge on any atom is -0.481 e. The first-order chi connectivity index (χ1) is 12.5. The number of nitrogens with one attached hydrogen (secondary N) is 3. The van der Waals surface area contributed by atoms with Gasteiger partial charge in [-0.2, -0.15) is 0 Å². The zero-order valence-corrected chi connectivity index (χ0v) is 16.0. The molecule has 2 aromatic rings. The fraction of sp³-hybridized carbons (Fsp3) is 0.467. The van der Waals surface area contributed by atoms with Crippen LogP contribution in [0.2, 0.25) is 0 Å². The highest BCUT2D eigenvalue weighted by atomic mass is 33.1. The molecule has 11 heteroatoms. The Morgan fingerprint density at radius 1 is 1.08 bits per heavy atom. The molecule has 2 rings (SSSR count). The van der Waals surface area contributed by atoms with Gasteiger partial charge in [0.05, 0.1) is 30.0 Å². The number of H-pyrrole nitrogens is 2. The van der Waals surface area contributed by atoms with Crippen LogP contribution in [0.4, 0.5) is 0 Å². The van der Waals surface area contributed by atoms with E-state index in [9.17, 15) is 14.7 Å². The van der Waals surface area contributed by atoms with Crippen molar-refractivity contribution in [2.45, 2.75) is 42.3 Å². The quantitative estimate of drug-likeness (QED) is 0.357. The van der Waals surface area contributed by atoms with Gasteiger partial charge in [-0.25, -0.2) is 9.97 Å². The largest absolute Gasteiger partial charge is 0.481 e. The fourth-order valence-electron chi connectivity index (χ4n) is 2.30. The molecule has 0 radical (unpaired) electrons. The van der Waals surface area contributed by atoms with Crippen molar-refractivity contribution in [2.24, 2.45) is 5.92 Å². The summed E-state index contributed by atoms with van der Waals surface area (Å²) in [6, 6.07) is -0.707. The molecule has 5 N–H and O–H groups in total. The lowest BCUT2D eigenvalue weighted by Crippen LogP contribution is -2.36. The average Bonchev–Trinajstić information content (AvgIpc) is 3.23. The maximum atomic E-state index is 11.2. The summed E-state index contributed by atoms with van der Waals surface area (Å²) in [4.78, 5) is 36.9. The Morgan fingerprint density at radius 3 is 2.04 bits per heavy atom. The van der Waals surface area contributed by atoms with Crippen molar-refractivity contribution >= 4 is 33.5 Å². The molecule has 0 aliphatic heterocycles. The van der Waals surface area contributed by atoms with Gasteiger partial charge >= 0.3 is 11.9 Å². The molecule has 9 nitrogen and oxygen atoms in total. The summed E-state index contributed by atoms with van der Waals surface area (Å²) in [5, 5.41) is 22.5. The molecular formula is C15H21N5O4S2. The number of hydrogen-bond donors (Lipinski definition) is 5. The van der Waals surface area contributed by atoms with E-state index >= 15 is 0 Å². The van der Waals surface area contributed by atoms with Crippen LogP contribution in [0.15, 0.2) is 22.7 Å². The summed E-state index contributed by atoms with van der Waals surface area (Å²) in [5.74, 6) is -2.22. The van der Waals surface area contributed by atoms with E-state index in [0.29, 0.717) is 22.9 Å². The second kappa shape index (κ2) is 9.64. The molecule has 0 bridgehead atoms. The number of hydrogen-bond acceptors (Lipinski definition) is 7. The maximum absolute atomic E-state index is 11.2. The van der Waals surface area contributed by atoms with Gasteiger partial charge in [0.1, 0.15) is 16.1 Å². The molecule has 0 aliphatic rings. The smallest absolute Gasteiger partial charge is 0.321 e. The molecule has 0 fully saturated rings. The van der Waals surface area contributed by atoms with E-state index in [1.807, 2.05) is 6.92 Å². The van der Waals surface area contributed by atoms with Gasteiger partial charge in [0.2, 0.25) is 0 Å². The molecule has 0 amide bonds. The SMILES string of the molecule is CCC(Cc1[nH]cnc1SSc1nc[nH]c1C[C@H](NC)C(=O)O)C(=O)O.